The zero-order chi connectivity index (χ0) is 23.9. The monoisotopic (exact) mass is 474 g/mol. The van der Waals surface area contributed by atoms with Crippen LogP contribution >= 0.6 is 0 Å². The van der Waals surface area contributed by atoms with E-state index in [-0.39, 0.29) is 23.6 Å². The Morgan fingerprint density at radius 2 is 1.97 bits per heavy atom. The SMILES string of the molecule is CCCN1CC(Oc2ccc(N3c4cc5cn[nH]c5cc4OC[C@H]3c3ccc(O)cc3)cc2F)C1. The number of aromatic nitrogens is 2. The van der Waals surface area contributed by atoms with Crippen molar-refractivity contribution in [2.45, 2.75) is 25.5 Å². The van der Waals surface area contributed by atoms with Gasteiger partial charge < -0.3 is 19.5 Å². The average molecular weight is 475 g/mol. The smallest absolute Gasteiger partial charge is 0.167 e. The summed E-state index contributed by atoms with van der Waals surface area (Å²) in [6, 6.07) is 15.9. The molecule has 4 aromatic rings. The fourth-order valence-corrected chi connectivity index (χ4v) is 4.95. The highest BCUT2D eigenvalue weighted by Crippen LogP contribution is 2.46. The summed E-state index contributed by atoms with van der Waals surface area (Å²) < 4.78 is 27.4. The number of phenolic OH excluding ortho intramolecular Hbond substituents is 1. The molecule has 0 spiro atoms. The van der Waals surface area contributed by atoms with E-state index in [0.29, 0.717) is 18.0 Å². The number of hydrogen-bond acceptors (Lipinski definition) is 6. The highest BCUT2D eigenvalue weighted by Gasteiger charge is 2.32. The molecular formula is C27H27FN4O3. The van der Waals surface area contributed by atoms with Crippen LogP contribution in [0.4, 0.5) is 15.8 Å². The van der Waals surface area contributed by atoms with E-state index in [1.54, 1.807) is 24.4 Å². The number of phenols is 1. The van der Waals surface area contributed by atoms with Crippen molar-refractivity contribution in [2.24, 2.45) is 0 Å². The standard InChI is InChI=1S/C27H27FN4O3/c1-2-9-31-14-21(15-31)35-26-8-5-19(11-22(26)28)32-24-10-18-13-29-30-23(18)12-27(24)34-16-25(32)17-3-6-20(33)7-4-17/h3-8,10-13,21,25,33H,2,9,14-16H2,1H3,(H,29,30)/t25-/m0/s1. The van der Waals surface area contributed by atoms with Crippen molar-refractivity contribution in [3.05, 3.63) is 72.2 Å². The topological polar surface area (TPSA) is 73.9 Å². The Morgan fingerprint density at radius 1 is 1.14 bits per heavy atom. The third-order valence-electron chi connectivity index (χ3n) is 6.72. The maximum absolute atomic E-state index is 15.3. The lowest BCUT2D eigenvalue weighted by Crippen LogP contribution is -2.53. The first-order valence-electron chi connectivity index (χ1n) is 12.0. The number of benzene rings is 3. The fraction of sp³-hybridized carbons (Fsp3) is 0.296. The molecule has 1 fully saturated rings. The van der Waals surface area contributed by atoms with E-state index in [1.165, 1.54) is 6.07 Å². The summed E-state index contributed by atoms with van der Waals surface area (Å²) in [5.74, 6) is 0.773. The van der Waals surface area contributed by atoms with Gasteiger partial charge >= 0.3 is 0 Å². The second kappa shape index (κ2) is 8.78. The highest BCUT2D eigenvalue weighted by atomic mass is 19.1. The lowest BCUT2D eigenvalue weighted by atomic mass is 10.0. The molecule has 0 amide bonds. The summed E-state index contributed by atoms with van der Waals surface area (Å²) in [7, 11) is 0. The number of aromatic hydroxyl groups is 1. The Labute approximate surface area is 202 Å². The van der Waals surface area contributed by atoms with Crippen LogP contribution in [0.5, 0.6) is 17.2 Å². The van der Waals surface area contributed by atoms with E-state index in [4.69, 9.17) is 9.47 Å². The summed E-state index contributed by atoms with van der Waals surface area (Å²) in [5.41, 5.74) is 3.35. The van der Waals surface area contributed by atoms with E-state index in [1.807, 2.05) is 30.3 Å². The van der Waals surface area contributed by atoms with Crippen molar-refractivity contribution < 1.29 is 19.0 Å². The minimum Gasteiger partial charge on any atom is -0.508 e. The molecule has 0 aliphatic carbocycles. The normalized spacial score (nSPS) is 18.2. The lowest BCUT2D eigenvalue weighted by Gasteiger charge is -2.40. The van der Waals surface area contributed by atoms with Crippen molar-refractivity contribution in [1.29, 1.82) is 0 Å². The van der Waals surface area contributed by atoms with Gasteiger partial charge in [-0.15, -0.1) is 0 Å². The first kappa shape index (κ1) is 21.7. The zero-order valence-electron chi connectivity index (χ0n) is 19.4. The van der Waals surface area contributed by atoms with Crippen LogP contribution in [-0.2, 0) is 0 Å². The number of halogens is 1. The number of rotatable bonds is 6. The van der Waals surface area contributed by atoms with Crippen LogP contribution in [0.25, 0.3) is 10.9 Å². The molecule has 1 aromatic heterocycles. The van der Waals surface area contributed by atoms with Crippen LogP contribution in [0, 0.1) is 5.82 Å². The number of ether oxygens (including phenoxy) is 2. The van der Waals surface area contributed by atoms with Crippen LogP contribution < -0.4 is 14.4 Å². The molecular weight excluding hydrogens is 447 g/mol. The molecule has 1 saturated heterocycles. The van der Waals surface area contributed by atoms with Crippen molar-refractivity contribution in [3.8, 4) is 17.2 Å². The number of aromatic amines is 1. The van der Waals surface area contributed by atoms with Crippen molar-refractivity contribution in [1.82, 2.24) is 15.1 Å². The molecule has 0 radical (unpaired) electrons. The van der Waals surface area contributed by atoms with Gasteiger partial charge in [-0.2, -0.15) is 5.10 Å². The van der Waals surface area contributed by atoms with Gasteiger partial charge in [0, 0.05) is 36.3 Å². The third-order valence-corrected chi connectivity index (χ3v) is 6.72. The molecule has 0 unspecified atom stereocenters. The summed E-state index contributed by atoms with van der Waals surface area (Å²) in [5, 5.41) is 17.8. The van der Waals surface area contributed by atoms with Crippen molar-refractivity contribution in [3.63, 3.8) is 0 Å². The molecule has 3 aromatic carbocycles. The Morgan fingerprint density at radius 3 is 2.74 bits per heavy atom. The summed E-state index contributed by atoms with van der Waals surface area (Å²) in [6.45, 7) is 5.22. The van der Waals surface area contributed by atoms with Gasteiger partial charge in [-0.3, -0.25) is 10.00 Å². The van der Waals surface area contributed by atoms with Gasteiger partial charge in [0.1, 0.15) is 24.2 Å². The van der Waals surface area contributed by atoms with E-state index in [9.17, 15) is 5.11 Å². The maximum atomic E-state index is 15.3. The molecule has 0 bridgehead atoms. The van der Waals surface area contributed by atoms with Gasteiger partial charge in [-0.05, 0) is 48.9 Å². The Hall–Kier alpha value is -3.78. The predicted molar refractivity (Wildman–Crippen MR) is 132 cm³/mol. The van der Waals surface area contributed by atoms with Crippen LogP contribution in [0.1, 0.15) is 24.9 Å². The second-order valence-corrected chi connectivity index (χ2v) is 9.18. The van der Waals surface area contributed by atoms with Crippen molar-refractivity contribution in [2.75, 3.05) is 31.1 Å². The predicted octanol–water partition coefficient (Wildman–Crippen LogP) is 5.15. The van der Waals surface area contributed by atoms with Gasteiger partial charge in [0.15, 0.2) is 11.6 Å². The summed E-state index contributed by atoms with van der Waals surface area (Å²) in [4.78, 5) is 4.39. The molecule has 180 valence electrons. The number of nitrogens with one attached hydrogen (secondary N) is 1. The number of H-pyrrole nitrogens is 1. The summed E-state index contributed by atoms with van der Waals surface area (Å²) in [6.07, 6.45) is 2.88. The largest absolute Gasteiger partial charge is 0.508 e. The molecule has 3 heterocycles. The van der Waals surface area contributed by atoms with Gasteiger partial charge in [0.2, 0.25) is 0 Å². The first-order valence-corrected chi connectivity index (χ1v) is 12.0. The Bertz CT molecular complexity index is 1350. The van der Waals surface area contributed by atoms with Crippen molar-refractivity contribution >= 4 is 22.3 Å². The number of anilines is 2. The minimum atomic E-state index is -0.390. The van der Waals surface area contributed by atoms with Gasteiger partial charge in [-0.25, -0.2) is 4.39 Å². The van der Waals surface area contributed by atoms with E-state index in [0.717, 1.165) is 48.2 Å². The highest BCUT2D eigenvalue weighted by molar-refractivity contribution is 5.88. The average Bonchev–Trinajstić information content (AvgIpc) is 3.29. The van der Waals surface area contributed by atoms with E-state index in [2.05, 4.69) is 26.9 Å². The maximum Gasteiger partial charge on any atom is 0.167 e. The molecule has 0 saturated carbocycles. The molecule has 7 nitrogen and oxygen atoms in total. The number of nitrogens with zero attached hydrogens (tertiary/aromatic N) is 3. The van der Waals surface area contributed by atoms with Crippen LogP contribution in [-0.4, -0.2) is 52.5 Å². The van der Waals surface area contributed by atoms with Crippen LogP contribution in [0.2, 0.25) is 0 Å². The molecule has 2 aliphatic heterocycles. The molecule has 2 N–H and O–H groups in total. The minimum absolute atomic E-state index is 0.0186. The van der Waals surface area contributed by atoms with E-state index >= 15 is 4.39 Å². The molecule has 8 heteroatoms. The molecule has 2 aliphatic rings. The van der Waals surface area contributed by atoms with Gasteiger partial charge in [0.25, 0.3) is 0 Å². The lowest BCUT2D eigenvalue weighted by molar-refractivity contribution is 0.0179. The first-order chi connectivity index (χ1) is 17.1. The third kappa shape index (κ3) is 4.04. The Kier molecular flexibility index (Phi) is 5.45. The quantitative estimate of drug-likeness (QED) is 0.403. The summed E-state index contributed by atoms with van der Waals surface area (Å²) >= 11 is 0. The van der Waals surface area contributed by atoms with E-state index < -0.39 is 5.82 Å². The zero-order valence-corrected chi connectivity index (χ0v) is 19.4. The Balaban J connectivity index is 1.35. The molecule has 35 heavy (non-hydrogen) atoms. The number of fused-ring (bicyclic) bond motifs is 2. The number of likely N-dealkylation sites (tertiary alicyclic amines) is 1. The second-order valence-electron chi connectivity index (χ2n) is 9.18. The molecule has 6 rings (SSSR count). The fourth-order valence-electron chi connectivity index (χ4n) is 4.95. The molecule has 1 atom stereocenters. The van der Waals surface area contributed by atoms with Gasteiger partial charge in [-0.1, -0.05) is 19.1 Å². The van der Waals surface area contributed by atoms with Crippen LogP contribution in [0.3, 0.4) is 0 Å². The van der Waals surface area contributed by atoms with Crippen LogP contribution in [0.15, 0.2) is 60.8 Å². The number of hydrogen-bond donors (Lipinski definition) is 2. The van der Waals surface area contributed by atoms with Gasteiger partial charge in [0.05, 0.1) is 23.4 Å².